The Bertz CT molecular complexity index is 1910. The number of carbonyl (C=O) groups excluding carboxylic acids is 1. The molecule has 4 aliphatic heterocycles. The molecule has 9 aliphatic rings. The van der Waals surface area contributed by atoms with E-state index in [2.05, 4.69) is 34.6 Å². The number of rotatable bonds is 14. The fourth-order valence-electron chi connectivity index (χ4n) is 16.6. The molecule has 0 radical (unpaired) electrons. The first-order valence-electron chi connectivity index (χ1n) is 25.4. The molecule has 9 fully saturated rings. The number of ketones is 1. The van der Waals surface area contributed by atoms with E-state index < -0.39 is 153 Å². The Labute approximate surface area is 408 Å². The average molecular weight is 1010 g/mol. The van der Waals surface area contributed by atoms with Crippen molar-refractivity contribution in [1.29, 1.82) is 0 Å². The second-order valence-corrected chi connectivity index (χ2v) is 24.1. The minimum Gasteiger partial charge on any atom is -0.394 e. The molecule has 2 spiro atoms. The molecular formula is C49H80O21. The van der Waals surface area contributed by atoms with Gasteiger partial charge in [-0.3, -0.25) is 4.79 Å². The van der Waals surface area contributed by atoms with Crippen LogP contribution in [0, 0.1) is 50.7 Å². The Hall–Kier alpha value is -1.13. The summed E-state index contributed by atoms with van der Waals surface area (Å²) in [6, 6.07) is 0. The third-order valence-electron chi connectivity index (χ3n) is 20.5. The van der Waals surface area contributed by atoms with Crippen LogP contribution >= 0.6 is 0 Å². The highest BCUT2D eigenvalue weighted by molar-refractivity contribution is 5.87. The molecule has 21 nitrogen and oxygen atoms in total. The number of fused-ring (bicyclic) bond motifs is 4. The molecule has 12 N–H and O–H groups in total. The number of methoxy groups -OCH3 is 1. The van der Waals surface area contributed by atoms with E-state index in [-0.39, 0.29) is 45.8 Å². The summed E-state index contributed by atoms with van der Waals surface area (Å²) in [6.45, 7) is 10.0. The second kappa shape index (κ2) is 18.6. The summed E-state index contributed by atoms with van der Waals surface area (Å²) in [6.07, 6.45) is -17.2. The van der Waals surface area contributed by atoms with Crippen LogP contribution in [0.4, 0.5) is 0 Å². The van der Waals surface area contributed by atoms with Crippen LogP contribution in [-0.4, -0.2) is 216 Å². The monoisotopic (exact) mass is 1000 g/mol. The van der Waals surface area contributed by atoms with Crippen LogP contribution in [0.15, 0.2) is 0 Å². The van der Waals surface area contributed by atoms with Crippen LogP contribution in [-0.2, 0) is 42.7 Å². The highest BCUT2D eigenvalue weighted by atomic mass is 16.8. The lowest BCUT2D eigenvalue weighted by atomic mass is 9.41. The Morgan fingerprint density at radius 2 is 1.17 bits per heavy atom. The number of hydrogen-bond acceptors (Lipinski definition) is 21. The smallest absolute Gasteiger partial charge is 0.187 e. The van der Waals surface area contributed by atoms with Gasteiger partial charge >= 0.3 is 0 Å². The predicted octanol–water partition coefficient (Wildman–Crippen LogP) is -2.05. The topological polar surface area (TPSA) is 334 Å². The van der Waals surface area contributed by atoms with Gasteiger partial charge in [-0.2, -0.15) is 0 Å². The van der Waals surface area contributed by atoms with Gasteiger partial charge in [0.05, 0.1) is 38.6 Å². The fourth-order valence-corrected chi connectivity index (χ4v) is 16.6. The van der Waals surface area contributed by atoms with Gasteiger partial charge in [-0.05, 0) is 96.7 Å². The maximum absolute atomic E-state index is 13.9. The minimum absolute atomic E-state index is 0.0230. The third-order valence-corrected chi connectivity index (χ3v) is 20.5. The van der Waals surface area contributed by atoms with Crippen LogP contribution in [0.3, 0.4) is 0 Å². The van der Waals surface area contributed by atoms with Crippen molar-refractivity contribution in [2.75, 3.05) is 33.5 Å². The van der Waals surface area contributed by atoms with Gasteiger partial charge < -0.3 is 99.2 Å². The van der Waals surface area contributed by atoms with Crippen molar-refractivity contribution < 1.29 is 104 Å². The van der Waals surface area contributed by atoms with E-state index in [0.29, 0.717) is 18.8 Å². The molecule has 4 saturated heterocycles. The molecule has 0 aromatic heterocycles. The van der Waals surface area contributed by atoms with Crippen molar-refractivity contribution in [2.24, 2.45) is 50.7 Å². The van der Waals surface area contributed by atoms with Crippen molar-refractivity contribution in [3.63, 3.8) is 0 Å². The maximum Gasteiger partial charge on any atom is 0.187 e. The van der Waals surface area contributed by atoms with Gasteiger partial charge in [-0.15, -0.1) is 0 Å². The minimum atomic E-state index is -2.04. The molecule has 0 aromatic rings. The number of aliphatic hydroxyl groups excluding tert-OH is 11. The number of carbonyl (C=O) groups is 1. The molecule has 21 heteroatoms. The zero-order valence-corrected chi connectivity index (χ0v) is 41.4. The molecule has 0 bridgehead atoms. The van der Waals surface area contributed by atoms with Crippen LogP contribution in [0.2, 0.25) is 0 Å². The summed E-state index contributed by atoms with van der Waals surface area (Å²) < 4.78 is 48.9. The van der Waals surface area contributed by atoms with Crippen molar-refractivity contribution in [3.05, 3.63) is 0 Å². The van der Waals surface area contributed by atoms with E-state index in [1.54, 1.807) is 7.11 Å². The lowest BCUT2D eigenvalue weighted by molar-refractivity contribution is -0.377. The highest BCUT2D eigenvalue weighted by Gasteiger charge is 2.85. The quantitative estimate of drug-likeness (QED) is 0.0834. The molecule has 0 amide bonds. The van der Waals surface area contributed by atoms with E-state index in [1.807, 2.05) is 0 Å². The van der Waals surface area contributed by atoms with E-state index in [1.165, 1.54) is 6.92 Å². The molecule has 70 heavy (non-hydrogen) atoms. The number of ether oxygens (including phenoxy) is 8. The predicted molar refractivity (Wildman–Crippen MR) is 237 cm³/mol. The SMILES string of the molecule is CO[C@@]12C[C@]3(C)[C@H]4CC[C@@H]5C(C)(C)[C@H](O[C@@H]6O[C@@H](CO)[C@H](O)[C@H](O)[C@@H]6O[C@H]6O[C@H](CO)[C@@H](O)[C@H](O)[C@@H]6O)CC[C@@]56C[C@@]46CC[C@]3(C)[C@@H]1[C@@H](C)[C@H](CC(=O)[C@@](C)(O)CO[C@H]1O[C@@H](CO)[C@H](O)[C@@H](O)[C@@H]1O)O2. The Morgan fingerprint density at radius 3 is 1.77 bits per heavy atom. The maximum atomic E-state index is 13.9. The number of Topliss-reactive ketones (excluding diaryl/α,β-unsaturated/α-hetero) is 1. The molecule has 9 rings (SSSR count). The molecule has 5 aliphatic carbocycles. The summed E-state index contributed by atoms with van der Waals surface area (Å²) in [5, 5.41) is 126. The summed E-state index contributed by atoms with van der Waals surface area (Å²) in [5.41, 5.74) is -2.83. The van der Waals surface area contributed by atoms with Gasteiger partial charge in [0.1, 0.15) is 78.8 Å². The van der Waals surface area contributed by atoms with Crippen LogP contribution < -0.4 is 0 Å². The molecule has 4 heterocycles. The normalized spacial score (nSPS) is 55.6. The standard InChI is InChI=1S/C49H80O21/c1-21-22(14-28(53)46(6,62)20-64-40-36(60)33(57)30(54)23(15-50)65-40)70-49(63-7)18-45(5)27-9-8-26-43(2,3)29(10-11-47(26)19-48(27,47)13-12-44(45,4)39(21)49)68-42-38(35(59)32(56)25(17-52)67-42)69-41-37(61)34(58)31(55)24(16-51)66-41/h21-27,29-42,50-52,54-62H,8-20H2,1-7H3/t21-,22-,23-,24+,25-,26+,27+,29+,30-,31+,32-,33+,34-,35-,36-,37-,38-,39-,40-,41+,42-,44+,45+,46-,47+,48-,49+/m0/s1. The van der Waals surface area contributed by atoms with Gasteiger partial charge in [-0.25, -0.2) is 0 Å². The summed E-state index contributed by atoms with van der Waals surface area (Å²) in [5.74, 6) is -1.16. The molecule has 27 atom stereocenters. The van der Waals surface area contributed by atoms with Gasteiger partial charge in [0.25, 0.3) is 0 Å². The van der Waals surface area contributed by atoms with E-state index in [4.69, 9.17) is 37.9 Å². The molecule has 0 aromatic carbocycles. The van der Waals surface area contributed by atoms with Gasteiger partial charge in [-0.1, -0.05) is 34.6 Å². The van der Waals surface area contributed by atoms with E-state index >= 15 is 0 Å². The van der Waals surface area contributed by atoms with Crippen LogP contribution in [0.1, 0.15) is 99.3 Å². The zero-order valence-electron chi connectivity index (χ0n) is 41.4. The lowest BCUT2D eigenvalue weighted by Crippen LogP contribution is -2.65. The summed E-state index contributed by atoms with van der Waals surface area (Å²) in [4.78, 5) is 13.9. The lowest BCUT2D eigenvalue weighted by Gasteiger charge is -2.63. The van der Waals surface area contributed by atoms with Gasteiger partial charge in [0.15, 0.2) is 30.4 Å². The van der Waals surface area contributed by atoms with Crippen molar-refractivity contribution in [3.8, 4) is 0 Å². The van der Waals surface area contributed by atoms with Crippen molar-refractivity contribution in [1.82, 2.24) is 0 Å². The third kappa shape index (κ3) is 7.80. The van der Waals surface area contributed by atoms with Crippen molar-refractivity contribution >= 4 is 5.78 Å². The van der Waals surface area contributed by atoms with Crippen LogP contribution in [0.25, 0.3) is 0 Å². The first kappa shape index (κ1) is 53.7. The average Bonchev–Trinajstić information content (AvgIpc) is 3.84. The molecule has 5 saturated carbocycles. The fraction of sp³-hybridized carbons (Fsp3) is 0.980. The van der Waals surface area contributed by atoms with Crippen LogP contribution in [0.5, 0.6) is 0 Å². The number of hydrogen-bond donors (Lipinski definition) is 12. The zero-order chi connectivity index (χ0) is 51.1. The molecule has 402 valence electrons. The molecular weight excluding hydrogens is 925 g/mol. The van der Waals surface area contributed by atoms with Crippen molar-refractivity contribution in [2.45, 2.75) is 215 Å². The highest BCUT2D eigenvalue weighted by Crippen LogP contribution is 2.90. The Balaban J connectivity index is 0.884. The second-order valence-electron chi connectivity index (χ2n) is 24.1. The first-order valence-corrected chi connectivity index (χ1v) is 25.4. The summed E-state index contributed by atoms with van der Waals surface area (Å²) in [7, 11) is 1.67. The first-order chi connectivity index (χ1) is 32.8. The van der Waals surface area contributed by atoms with Gasteiger partial charge in [0.2, 0.25) is 0 Å². The molecule has 0 unspecified atom stereocenters. The van der Waals surface area contributed by atoms with E-state index in [9.17, 15) is 66.1 Å². The largest absolute Gasteiger partial charge is 0.394 e. The number of aliphatic hydroxyl groups is 12. The Kier molecular flexibility index (Phi) is 14.2. The summed E-state index contributed by atoms with van der Waals surface area (Å²) >= 11 is 0. The van der Waals surface area contributed by atoms with E-state index in [0.717, 1.165) is 38.5 Å². The Morgan fingerprint density at radius 1 is 0.629 bits per heavy atom. The van der Waals surface area contributed by atoms with Gasteiger partial charge in [0, 0.05) is 25.9 Å².